The largest absolute Gasteiger partial charge is 0.611 e. The minimum Gasteiger partial charge on any atom is -0.611 e. The van der Waals surface area contributed by atoms with E-state index in [1.165, 1.54) is 0 Å². The van der Waals surface area contributed by atoms with Gasteiger partial charge in [0.05, 0.1) is 12.1 Å². The lowest BCUT2D eigenvalue weighted by Gasteiger charge is -2.22. The fraction of sp³-hybridized carbons (Fsp3) is 0.345. The monoisotopic (exact) mass is 534 g/mol. The Kier molecular flexibility index (Phi) is 9.75. The molecule has 2 atom stereocenters. The minimum atomic E-state index is -1.23. The maximum Gasteiger partial charge on any atom is 0.242 e. The van der Waals surface area contributed by atoms with Gasteiger partial charge in [0.15, 0.2) is 4.90 Å². The summed E-state index contributed by atoms with van der Waals surface area (Å²) in [5, 5.41) is 7.94. The third-order valence-electron chi connectivity index (χ3n) is 6.57. The Morgan fingerprint density at radius 3 is 2.61 bits per heavy atom. The highest BCUT2D eigenvalue weighted by molar-refractivity contribution is 7.91. The Balaban J connectivity index is 1.39. The molecule has 9 heteroatoms. The van der Waals surface area contributed by atoms with Crippen molar-refractivity contribution in [1.82, 2.24) is 10.6 Å². The van der Waals surface area contributed by atoms with Crippen molar-refractivity contribution in [2.45, 2.75) is 43.0 Å². The number of carbonyl (C=O) groups is 3. The highest BCUT2D eigenvalue weighted by atomic mass is 32.2. The molecule has 38 heavy (non-hydrogen) atoms. The Morgan fingerprint density at radius 2 is 1.79 bits per heavy atom. The zero-order valence-corrected chi connectivity index (χ0v) is 22.2. The van der Waals surface area contributed by atoms with Gasteiger partial charge in [0.1, 0.15) is 11.8 Å². The summed E-state index contributed by atoms with van der Waals surface area (Å²) >= 11 is -1.23. The molecule has 0 spiro atoms. The van der Waals surface area contributed by atoms with Crippen LogP contribution < -0.4 is 21.3 Å². The first-order valence-corrected chi connectivity index (χ1v) is 14.3. The first kappa shape index (κ1) is 27.6. The summed E-state index contributed by atoms with van der Waals surface area (Å²) in [4.78, 5) is 40.8. The third-order valence-corrected chi connectivity index (χ3v) is 7.99. The molecule has 0 saturated carbocycles. The van der Waals surface area contributed by atoms with E-state index >= 15 is 0 Å². The van der Waals surface area contributed by atoms with Crippen molar-refractivity contribution in [3.63, 3.8) is 0 Å². The van der Waals surface area contributed by atoms with Gasteiger partial charge < -0.3 is 25.8 Å². The normalized spacial score (nSPS) is 16.0. The summed E-state index contributed by atoms with van der Waals surface area (Å²) in [7, 11) is 0. The molecule has 0 aromatic heterocycles. The summed E-state index contributed by atoms with van der Waals surface area (Å²) in [6.07, 6.45) is 1.77. The Morgan fingerprint density at radius 1 is 1.03 bits per heavy atom. The van der Waals surface area contributed by atoms with Crippen molar-refractivity contribution in [1.29, 1.82) is 0 Å². The summed E-state index contributed by atoms with van der Waals surface area (Å²) in [5.74, 6) is -0.317. The number of carbonyl (C=O) groups excluding carboxylic acids is 3. The predicted molar refractivity (Wildman–Crippen MR) is 150 cm³/mol. The topological polar surface area (TPSA) is 128 Å². The Labute approximate surface area is 226 Å². The van der Waals surface area contributed by atoms with Gasteiger partial charge in [0, 0.05) is 25.9 Å². The van der Waals surface area contributed by atoms with Gasteiger partial charge in [-0.05, 0) is 59.0 Å². The second kappa shape index (κ2) is 13.4. The molecule has 0 fully saturated rings. The number of nitrogens with one attached hydrogen (secondary N) is 2. The number of benzene rings is 3. The Hall–Kier alpha value is -3.40. The Bertz CT molecular complexity index is 1280. The number of nitrogens with two attached hydrogens (primary N) is 1. The van der Waals surface area contributed by atoms with Crippen molar-refractivity contribution in [2.75, 3.05) is 30.3 Å². The van der Waals surface area contributed by atoms with Crippen molar-refractivity contribution >= 4 is 45.4 Å². The van der Waals surface area contributed by atoms with Gasteiger partial charge in [-0.25, -0.2) is 0 Å². The van der Waals surface area contributed by atoms with E-state index in [4.69, 9.17) is 5.73 Å². The minimum absolute atomic E-state index is 0.0998. The molecule has 0 bridgehead atoms. The second-order valence-electron chi connectivity index (χ2n) is 9.36. The number of hydrogen-bond acceptors (Lipinski definition) is 5. The van der Waals surface area contributed by atoms with Crippen LogP contribution in [0.5, 0.6) is 0 Å². The van der Waals surface area contributed by atoms with E-state index in [2.05, 4.69) is 10.6 Å². The molecular weight excluding hydrogens is 500 g/mol. The van der Waals surface area contributed by atoms with Crippen LogP contribution in [-0.2, 0) is 32.0 Å². The second-order valence-corrected chi connectivity index (χ2v) is 10.9. The fourth-order valence-electron chi connectivity index (χ4n) is 4.59. The van der Waals surface area contributed by atoms with Gasteiger partial charge in [-0.15, -0.1) is 0 Å². The quantitative estimate of drug-likeness (QED) is 0.257. The summed E-state index contributed by atoms with van der Waals surface area (Å²) in [5.41, 5.74) is 7.14. The molecule has 4 rings (SSSR count). The van der Waals surface area contributed by atoms with Crippen molar-refractivity contribution < 1.29 is 18.9 Å². The van der Waals surface area contributed by atoms with Crippen molar-refractivity contribution in [2.24, 2.45) is 5.73 Å². The van der Waals surface area contributed by atoms with Gasteiger partial charge in [0.25, 0.3) is 0 Å². The molecule has 8 nitrogen and oxygen atoms in total. The molecule has 1 heterocycles. The standard InChI is InChI=1S/C29H34N4O4S/c30-15-6-16-31-29(36)24(20-21-12-13-22-7-1-2-8-23(22)19-21)32-27(34)11-5-17-33-25-9-3-4-10-26(25)38(37)18-14-28(33)35/h1-4,7-10,12-13,19,24H,5-6,11,14-18,20,30H2,(H,31,36)(H,32,34)/t24-,38?/m1/s1. The number of fused-ring (bicyclic) bond motifs is 2. The van der Waals surface area contributed by atoms with Crippen molar-refractivity contribution in [3.8, 4) is 0 Å². The summed E-state index contributed by atoms with van der Waals surface area (Å²) in [6, 6.07) is 20.5. The summed E-state index contributed by atoms with van der Waals surface area (Å²) in [6.45, 7) is 1.24. The lowest BCUT2D eigenvalue weighted by atomic mass is 10.0. The molecule has 3 amide bonds. The number of hydrogen-bond donors (Lipinski definition) is 3. The van der Waals surface area contributed by atoms with E-state index < -0.39 is 17.2 Å². The number of nitrogens with zero attached hydrogens (tertiary/aromatic N) is 1. The van der Waals surface area contributed by atoms with E-state index in [-0.39, 0.29) is 30.6 Å². The van der Waals surface area contributed by atoms with Crippen LogP contribution >= 0.6 is 0 Å². The lowest BCUT2D eigenvalue weighted by molar-refractivity contribution is -0.129. The SMILES string of the molecule is NCCCNC(=O)[C@@H](Cc1ccc2ccccc2c1)NC(=O)CCCN1C(=O)CC[S+]([O-])c2ccccc21. The molecule has 3 aromatic carbocycles. The van der Waals surface area contributed by atoms with Crippen LogP contribution in [0.1, 0.15) is 31.2 Å². The number of anilines is 1. The maximum absolute atomic E-state index is 12.9. The van der Waals surface area contributed by atoms with E-state index in [9.17, 15) is 18.9 Å². The van der Waals surface area contributed by atoms with Gasteiger partial charge in [0.2, 0.25) is 17.7 Å². The van der Waals surface area contributed by atoms with Crippen LogP contribution in [-0.4, -0.2) is 53.7 Å². The molecule has 0 aliphatic carbocycles. The third kappa shape index (κ3) is 7.12. The van der Waals surface area contributed by atoms with Gasteiger partial charge >= 0.3 is 0 Å². The predicted octanol–water partition coefficient (Wildman–Crippen LogP) is 2.66. The molecule has 1 aliphatic heterocycles. The molecular formula is C29H34N4O4S. The average Bonchev–Trinajstić information content (AvgIpc) is 3.04. The molecule has 0 radical (unpaired) electrons. The van der Waals surface area contributed by atoms with E-state index in [0.29, 0.717) is 55.2 Å². The summed E-state index contributed by atoms with van der Waals surface area (Å²) < 4.78 is 12.5. The first-order valence-electron chi connectivity index (χ1n) is 13.0. The van der Waals surface area contributed by atoms with Gasteiger partial charge in [-0.3, -0.25) is 14.4 Å². The number of rotatable bonds is 11. The highest BCUT2D eigenvalue weighted by Crippen LogP contribution is 2.30. The smallest absolute Gasteiger partial charge is 0.242 e. The van der Waals surface area contributed by atoms with Crippen molar-refractivity contribution in [3.05, 3.63) is 72.3 Å². The van der Waals surface area contributed by atoms with Crippen LogP contribution in [0.15, 0.2) is 71.6 Å². The van der Waals surface area contributed by atoms with Crippen LogP contribution in [0.2, 0.25) is 0 Å². The fourth-order valence-corrected chi connectivity index (χ4v) is 5.81. The zero-order chi connectivity index (χ0) is 26.9. The van der Waals surface area contributed by atoms with E-state index in [1.807, 2.05) is 54.6 Å². The van der Waals surface area contributed by atoms with E-state index in [1.54, 1.807) is 17.0 Å². The number of amides is 3. The van der Waals surface area contributed by atoms with Crippen LogP contribution in [0.4, 0.5) is 5.69 Å². The molecule has 1 unspecified atom stereocenters. The first-order chi connectivity index (χ1) is 18.5. The zero-order valence-electron chi connectivity index (χ0n) is 21.4. The molecule has 3 aromatic rings. The van der Waals surface area contributed by atoms with Crippen LogP contribution in [0.3, 0.4) is 0 Å². The molecule has 1 aliphatic rings. The number of para-hydroxylation sites is 1. The highest BCUT2D eigenvalue weighted by Gasteiger charge is 2.29. The average molecular weight is 535 g/mol. The van der Waals surface area contributed by atoms with Crippen LogP contribution in [0.25, 0.3) is 10.8 Å². The van der Waals surface area contributed by atoms with E-state index in [0.717, 1.165) is 16.3 Å². The van der Waals surface area contributed by atoms with Crippen LogP contribution in [0, 0.1) is 0 Å². The molecule has 200 valence electrons. The van der Waals surface area contributed by atoms with Gasteiger partial charge in [-0.1, -0.05) is 54.6 Å². The maximum atomic E-state index is 12.9. The molecule has 0 saturated heterocycles. The lowest BCUT2D eigenvalue weighted by Crippen LogP contribution is -2.48. The molecule has 4 N–H and O–H groups in total. The van der Waals surface area contributed by atoms with Gasteiger partial charge in [-0.2, -0.15) is 0 Å².